The van der Waals surface area contributed by atoms with Gasteiger partial charge in [-0.15, -0.1) is 263 Å². The van der Waals surface area contributed by atoms with Crippen molar-refractivity contribution in [1.82, 2.24) is 39.9 Å². The molecule has 12 aromatic carbocycles. The molecule has 0 bridgehead atoms. The first kappa shape index (κ1) is 80.1. The number of nitrogens with zero attached hydrogens (tertiary/aromatic N) is 8. The molecule has 672 valence electrons. The number of pyridine rings is 8. The summed E-state index contributed by atoms with van der Waals surface area (Å²) in [4.78, 5) is 33.9. The van der Waals surface area contributed by atoms with Crippen LogP contribution in [-0.2, 0) is 80.4 Å². The smallest absolute Gasteiger partial charge is 0.0280 e. The van der Waals surface area contributed by atoms with Gasteiger partial charge < -0.3 is 39.9 Å². The van der Waals surface area contributed by atoms with Crippen LogP contribution in [0.5, 0.6) is 0 Å². The SMILES string of the molecule is Cc1ccc(-c2[c-]cc(-c3ccccc3)cc2)nc1.Cc1cnc(-c2[c-]cc(-c3ccccc3)cc2)cc1C.[2H]C([2H])([2H])c1ccc(-c2[c-]cc(-c3ccccc3)cc2)nc1.[2H]C([2H])([2H])c1ccc(-c2[c-]cccc2)nc1.[2H]C([2H])([2H])c1ccc(-c2[c-]cccc2)nc1.[2H]C([2H])([2H])c1ccc(-c2[c-]cccc2)nc1.[2H]C([2H])([2H])c1ccc(-c2[c-]cccc2)nc1.[2H]C([2H])([2H])c1cnc(-c2[c-]cc(-c3ccccc3)cc2)cc1C.[Ir].[Ir].[Ir].[Ir]. The summed E-state index contributed by atoms with van der Waals surface area (Å²) < 4.78 is 131. The van der Waals surface area contributed by atoms with Gasteiger partial charge in [-0.3, -0.25) is 0 Å². The second-order valence-corrected chi connectivity index (χ2v) is 29.5. The van der Waals surface area contributed by atoms with E-state index in [0.29, 0.717) is 11.3 Å². The van der Waals surface area contributed by atoms with Crippen LogP contribution in [0, 0.1) is 117 Å². The molecule has 0 fully saturated rings. The predicted molar refractivity (Wildman–Crippen MR) is 537 cm³/mol. The van der Waals surface area contributed by atoms with Crippen molar-refractivity contribution in [3.8, 4) is 135 Å². The Kier molecular flexibility index (Phi) is 32.9. The van der Waals surface area contributed by atoms with Crippen LogP contribution in [0.2, 0.25) is 0 Å². The van der Waals surface area contributed by atoms with E-state index in [9.17, 15) is 0 Å². The van der Waals surface area contributed by atoms with Crippen LogP contribution in [0.4, 0.5) is 0 Å². The zero-order valence-corrected chi connectivity index (χ0v) is 82.9. The third-order valence-corrected chi connectivity index (χ3v) is 19.9. The molecular weight excluding hydrogens is 2350 g/mol. The van der Waals surface area contributed by atoms with Crippen molar-refractivity contribution in [2.24, 2.45) is 0 Å². The summed E-state index contributed by atoms with van der Waals surface area (Å²) in [6.07, 6.45) is 12.2. The molecule has 0 aliphatic rings. The van der Waals surface area contributed by atoms with Gasteiger partial charge in [0, 0.05) is 155 Å². The fourth-order valence-corrected chi connectivity index (χ4v) is 12.7. The van der Waals surface area contributed by atoms with Gasteiger partial charge in [0.2, 0.25) is 0 Å². The quantitative estimate of drug-likeness (QED) is 0.111. The second-order valence-electron chi connectivity index (χ2n) is 29.5. The van der Waals surface area contributed by atoms with Crippen LogP contribution in [0.3, 0.4) is 0 Å². The molecule has 0 unspecified atom stereocenters. The molecule has 20 rings (SSSR count). The maximum Gasteiger partial charge on any atom is 0.0280 e. The fraction of sp³-hybridized carbons (Fsp3) is 0.0820. The zero-order valence-electron chi connectivity index (χ0n) is 91.3. The third kappa shape index (κ3) is 32.4. The van der Waals surface area contributed by atoms with Crippen molar-refractivity contribution in [3.05, 3.63) is 530 Å². The first-order valence-electron chi connectivity index (χ1n) is 50.7. The number of benzene rings is 12. The molecule has 0 aliphatic heterocycles. The molecule has 4 radical (unpaired) electrons. The van der Waals surface area contributed by atoms with Crippen LogP contribution in [0.25, 0.3) is 135 Å². The standard InChI is InChI=1S/2C19H16N.2C18H14N.4C12H10N.4Ir/c2*1-14-12-19(20-13-15(14)2)18-10-8-17(9-11-18)16-6-4-3-5-7-16;2*1-14-7-12-18(19-13-14)17-10-8-16(9-11-17)15-5-3-2-4-6-15;4*1-10-7-8-12(13-9-10)11-5-3-2-4-6-11;;;;/h2*3-10,12-13H,1-2H3;2*2-10,12-13H,1H3;4*2-5,7-9H,1H3;;;;/q8*-1;;;;/i2D3;;1D3;;4*1D3;;;;. The van der Waals surface area contributed by atoms with Crippen LogP contribution in [0.1, 0.15) is 80.3 Å². The molecule has 0 amide bonds. The molecule has 12 heteroatoms. The van der Waals surface area contributed by atoms with Crippen LogP contribution in [0.15, 0.2) is 426 Å². The Morgan fingerprint density at radius 1 is 0.172 bits per heavy atom. The van der Waals surface area contributed by atoms with E-state index >= 15 is 0 Å². The van der Waals surface area contributed by atoms with Gasteiger partial charge in [0.25, 0.3) is 0 Å². The van der Waals surface area contributed by atoms with Gasteiger partial charge in [0.1, 0.15) is 0 Å². The Hall–Kier alpha value is -13.6. The Morgan fingerprint density at radius 2 is 0.388 bits per heavy atom. The summed E-state index contributed by atoms with van der Waals surface area (Å²) in [5.41, 5.74) is 28.7. The predicted octanol–water partition coefficient (Wildman–Crippen LogP) is 30.1. The number of aromatic nitrogens is 8. The molecule has 8 nitrogen and oxygen atoms in total. The number of hydrogen-bond acceptors (Lipinski definition) is 8. The van der Waals surface area contributed by atoms with E-state index in [1.54, 1.807) is 97.9 Å². The summed E-state index contributed by atoms with van der Waals surface area (Å²) in [6.45, 7) is -4.59. The Labute approximate surface area is 871 Å². The van der Waals surface area contributed by atoms with Gasteiger partial charge in [0.05, 0.1) is 0 Å². The minimum Gasteiger partial charge on any atom is -0.304 e. The largest absolute Gasteiger partial charge is 0.304 e. The molecular formula is C122H100Ir4N8-8. The van der Waals surface area contributed by atoms with Crippen molar-refractivity contribution in [2.45, 2.75) is 68.8 Å². The van der Waals surface area contributed by atoms with E-state index in [2.05, 4.69) is 175 Å². The van der Waals surface area contributed by atoms with Crippen molar-refractivity contribution < 1.29 is 105 Å². The van der Waals surface area contributed by atoms with Gasteiger partial charge in [-0.25, -0.2) is 0 Å². The average Bonchev–Trinajstić information content (AvgIpc) is 0.809. The molecule has 134 heavy (non-hydrogen) atoms. The first-order chi connectivity index (χ1) is 70.8. The molecule has 0 spiro atoms. The van der Waals surface area contributed by atoms with Crippen LogP contribution in [-0.4, -0.2) is 39.9 Å². The summed E-state index contributed by atoms with van der Waals surface area (Å²) >= 11 is 0. The Balaban J connectivity index is 0.000000192. The van der Waals surface area contributed by atoms with Gasteiger partial charge in [-0.2, -0.15) is 0 Å². The molecule has 20 aromatic rings. The van der Waals surface area contributed by atoms with Gasteiger partial charge in [-0.05, 0) is 159 Å². The summed E-state index contributed by atoms with van der Waals surface area (Å²) in [5, 5.41) is 0. The maximum absolute atomic E-state index is 7.50. The van der Waals surface area contributed by atoms with Crippen LogP contribution >= 0.6 is 0 Å². The number of hydrogen-bond donors (Lipinski definition) is 0. The topological polar surface area (TPSA) is 103 Å². The normalized spacial score (nSPS) is 12.5. The molecule has 8 aromatic heterocycles. The molecule has 0 saturated heterocycles. The van der Waals surface area contributed by atoms with Gasteiger partial charge in [-0.1, -0.05) is 262 Å². The van der Waals surface area contributed by atoms with Crippen LogP contribution < -0.4 is 0 Å². The average molecular weight is 2470 g/mol. The van der Waals surface area contributed by atoms with E-state index in [1.807, 2.05) is 232 Å². The molecule has 0 atom stereocenters. The summed E-state index contributed by atoms with van der Waals surface area (Å²) in [7, 11) is 0. The number of rotatable bonds is 12. The third-order valence-electron chi connectivity index (χ3n) is 19.9. The summed E-state index contributed by atoms with van der Waals surface area (Å²) in [6, 6.07) is 145. The number of aryl methyl sites for hydroxylation is 10. The Morgan fingerprint density at radius 3 is 0.582 bits per heavy atom. The monoisotopic (exact) mass is 2470 g/mol. The van der Waals surface area contributed by atoms with Crippen molar-refractivity contribution >= 4 is 0 Å². The molecule has 0 saturated carbocycles. The molecule has 8 heterocycles. The van der Waals surface area contributed by atoms with Crippen molar-refractivity contribution in [1.29, 1.82) is 0 Å². The van der Waals surface area contributed by atoms with Crippen molar-refractivity contribution in [2.75, 3.05) is 0 Å². The molecule has 0 aliphatic carbocycles. The van der Waals surface area contributed by atoms with Gasteiger partial charge in [0.15, 0.2) is 0 Å². The van der Waals surface area contributed by atoms with E-state index in [4.69, 9.17) is 24.7 Å². The van der Waals surface area contributed by atoms with Crippen molar-refractivity contribution in [3.63, 3.8) is 0 Å². The first-order valence-corrected chi connectivity index (χ1v) is 41.7. The summed E-state index contributed by atoms with van der Waals surface area (Å²) in [5.74, 6) is 0. The fourth-order valence-electron chi connectivity index (χ4n) is 12.7. The van der Waals surface area contributed by atoms with Gasteiger partial charge >= 0.3 is 0 Å². The molecule has 0 N–H and O–H groups in total. The minimum atomic E-state index is -2.13. The van der Waals surface area contributed by atoms with E-state index in [0.717, 1.165) is 112 Å². The Bertz CT molecular complexity index is 7120. The zero-order chi connectivity index (χ0) is 105. The van der Waals surface area contributed by atoms with E-state index in [-0.39, 0.29) is 108 Å². The minimum absolute atomic E-state index is 0. The van der Waals surface area contributed by atoms with E-state index in [1.165, 1.54) is 76.1 Å². The maximum atomic E-state index is 7.50. The second kappa shape index (κ2) is 55.1. The van der Waals surface area contributed by atoms with E-state index < -0.39 is 41.1 Å².